The molecule has 2 fully saturated rings. The zero-order chi connectivity index (χ0) is 23.0. The van der Waals surface area contributed by atoms with Crippen molar-refractivity contribution in [2.75, 3.05) is 26.3 Å². The molecule has 0 spiro atoms. The highest BCUT2D eigenvalue weighted by atomic mass is 16.5. The molecule has 2 aromatic heterocycles. The van der Waals surface area contributed by atoms with Gasteiger partial charge in [0, 0.05) is 36.8 Å². The molecule has 2 amide bonds. The smallest absolute Gasteiger partial charge is 0.291 e. The molecular formula is C22H29N5O5. The van der Waals surface area contributed by atoms with Crippen LogP contribution in [0.2, 0.25) is 0 Å². The molecule has 4 rings (SSSR count). The van der Waals surface area contributed by atoms with Gasteiger partial charge in [0.25, 0.3) is 11.5 Å². The molecule has 32 heavy (non-hydrogen) atoms. The van der Waals surface area contributed by atoms with Gasteiger partial charge < -0.3 is 20.1 Å². The lowest BCUT2D eigenvalue weighted by atomic mass is 10.1. The number of amides is 2. The van der Waals surface area contributed by atoms with Crippen LogP contribution in [0.5, 0.6) is 5.88 Å². The maximum Gasteiger partial charge on any atom is 0.291 e. The van der Waals surface area contributed by atoms with E-state index in [2.05, 4.69) is 10.4 Å². The Balaban J connectivity index is 1.80. The van der Waals surface area contributed by atoms with E-state index in [9.17, 15) is 19.5 Å². The van der Waals surface area contributed by atoms with Crippen LogP contribution in [0.25, 0.3) is 11.7 Å². The molecule has 1 saturated carbocycles. The molecule has 0 aromatic carbocycles. The predicted molar refractivity (Wildman–Crippen MR) is 117 cm³/mol. The van der Waals surface area contributed by atoms with Crippen LogP contribution in [0.4, 0.5) is 0 Å². The fourth-order valence-electron chi connectivity index (χ4n) is 3.84. The van der Waals surface area contributed by atoms with Gasteiger partial charge >= 0.3 is 0 Å². The van der Waals surface area contributed by atoms with Gasteiger partial charge in [-0.05, 0) is 31.8 Å². The van der Waals surface area contributed by atoms with Gasteiger partial charge in [0.15, 0.2) is 5.56 Å². The molecule has 0 radical (unpaired) electrons. The monoisotopic (exact) mass is 443 g/mol. The van der Waals surface area contributed by atoms with Crippen LogP contribution in [-0.2, 0) is 16.1 Å². The first-order chi connectivity index (χ1) is 15.3. The second kappa shape index (κ2) is 8.78. The van der Waals surface area contributed by atoms with E-state index in [0.29, 0.717) is 49.6 Å². The standard InChI is InChI=1S/C22H29N5O5/c1-13(2)12-26-19-15(10-14(3)20(29)25-6-8-32-9-7-25)11-23-27(19)22(31)17(21(26)30)18(28)24-16-4-5-16/h10-11,13,16,30H,4-9,12H2,1-3H3,(H,24,28). The summed E-state index contributed by atoms with van der Waals surface area (Å²) in [4.78, 5) is 40.3. The topological polar surface area (TPSA) is 118 Å². The summed E-state index contributed by atoms with van der Waals surface area (Å²) in [5, 5.41) is 17.9. The van der Waals surface area contributed by atoms with Crippen LogP contribution in [0.15, 0.2) is 16.6 Å². The number of hydrogen-bond acceptors (Lipinski definition) is 6. The van der Waals surface area contributed by atoms with Crippen molar-refractivity contribution in [2.45, 2.75) is 46.2 Å². The molecule has 2 aliphatic rings. The Kier molecular flexibility index (Phi) is 6.05. The molecule has 172 valence electrons. The summed E-state index contributed by atoms with van der Waals surface area (Å²) in [6.07, 6.45) is 4.87. The quantitative estimate of drug-likeness (QED) is 0.644. The van der Waals surface area contributed by atoms with Crippen molar-refractivity contribution in [2.24, 2.45) is 5.92 Å². The van der Waals surface area contributed by atoms with Crippen molar-refractivity contribution >= 4 is 23.5 Å². The summed E-state index contributed by atoms with van der Waals surface area (Å²) in [7, 11) is 0. The number of fused-ring (bicyclic) bond motifs is 1. The molecule has 0 atom stereocenters. The molecule has 10 heteroatoms. The minimum Gasteiger partial charge on any atom is -0.494 e. The highest BCUT2D eigenvalue weighted by molar-refractivity contribution is 5.99. The van der Waals surface area contributed by atoms with Gasteiger partial charge in [-0.3, -0.25) is 19.0 Å². The zero-order valence-electron chi connectivity index (χ0n) is 18.6. The predicted octanol–water partition coefficient (Wildman–Crippen LogP) is 1.01. The summed E-state index contributed by atoms with van der Waals surface area (Å²) in [5.74, 6) is -0.980. The third-order valence-electron chi connectivity index (χ3n) is 5.61. The lowest BCUT2D eigenvalue weighted by molar-refractivity contribution is -0.130. The molecule has 2 N–H and O–H groups in total. The molecule has 1 saturated heterocycles. The van der Waals surface area contributed by atoms with Gasteiger partial charge in [0.1, 0.15) is 5.65 Å². The van der Waals surface area contributed by atoms with E-state index in [-0.39, 0.29) is 29.3 Å². The second-order valence-electron chi connectivity index (χ2n) is 8.82. The molecule has 10 nitrogen and oxygen atoms in total. The van der Waals surface area contributed by atoms with Gasteiger partial charge in [-0.15, -0.1) is 0 Å². The number of carbonyl (C=O) groups excluding carboxylic acids is 2. The number of nitrogens with zero attached hydrogens (tertiary/aromatic N) is 4. The Morgan fingerprint density at radius 1 is 1.31 bits per heavy atom. The number of carbonyl (C=O) groups is 2. The molecule has 2 aromatic rings. The first kappa shape index (κ1) is 22.1. The third kappa shape index (κ3) is 4.27. The third-order valence-corrected chi connectivity index (χ3v) is 5.61. The molecule has 3 heterocycles. The van der Waals surface area contributed by atoms with Crippen LogP contribution < -0.4 is 10.9 Å². The van der Waals surface area contributed by atoms with Crippen LogP contribution in [0.3, 0.4) is 0 Å². The van der Waals surface area contributed by atoms with Gasteiger partial charge in [-0.1, -0.05) is 13.8 Å². The Hall–Kier alpha value is -3.14. The van der Waals surface area contributed by atoms with Crippen LogP contribution in [0.1, 0.15) is 49.5 Å². The van der Waals surface area contributed by atoms with E-state index in [1.165, 1.54) is 10.8 Å². The minimum atomic E-state index is -0.688. The first-order valence-corrected chi connectivity index (χ1v) is 11.0. The van der Waals surface area contributed by atoms with Crippen molar-refractivity contribution in [3.05, 3.63) is 33.3 Å². The first-order valence-electron chi connectivity index (χ1n) is 11.0. The molecule has 0 bridgehead atoms. The van der Waals surface area contributed by atoms with Gasteiger partial charge in [-0.2, -0.15) is 9.61 Å². The zero-order valence-corrected chi connectivity index (χ0v) is 18.6. The van der Waals surface area contributed by atoms with Crippen molar-refractivity contribution in [3.63, 3.8) is 0 Å². The van der Waals surface area contributed by atoms with Gasteiger partial charge in [-0.25, -0.2) is 0 Å². The maximum atomic E-state index is 13.1. The number of aromatic nitrogens is 3. The lowest BCUT2D eigenvalue weighted by Crippen LogP contribution is -2.41. The Bertz CT molecular complexity index is 1140. The Morgan fingerprint density at radius 3 is 2.62 bits per heavy atom. The van der Waals surface area contributed by atoms with E-state index in [0.717, 1.165) is 17.4 Å². The number of aromatic hydroxyl groups is 1. The highest BCUT2D eigenvalue weighted by Crippen LogP contribution is 2.25. The van der Waals surface area contributed by atoms with Crippen molar-refractivity contribution in [1.29, 1.82) is 0 Å². The van der Waals surface area contributed by atoms with E-state index in [4.69, 9.17) is 4.74 Å². The molecule has 1 aliphatic heterocycles. The van der Waals surface area contributed by atoms with Crippen LogP contribution in [-0.4, -0.2) is 68.3 Å². The number of hydrogen-bond donors (Lipinski definition) is 2. The van der Waals surface area contributed by atoms with Gasteiger partial charge in [0.05, 0.1) is 19.4 Å². The lowest BCUT2D eigenvalue weighted by Gasteiger charge is -2.27. The van der Waals surface area contributed by atoms with Crippen molar-refractivity contribution < 1.29 is 19.4 Å². The summed E-state index contributed by atoms with van der Waals surface area (Å²) in [6, 6.07) is 0.0421. The largest absolute Gasteiger partial charge is 0.494 e. The van der Waals surface area contributed by atoms with E-state index < -0.39 is 11.5 Å². The minimum absolute atomic E-state index is 0.0421. The van der Waals surface area contributed by atoms with E-state index in [1.807, 2.05) is 13.8 Å². The number of morpholine rings is 1. The average Bonchev–Trinajstić information content (AvgIpc) is 3.48. The molecular weight excluding hydrogens is 414 g/mol. The number of ether oxygens (including phenoxy) is 1. The highest BCUT2D eigenvalue weighted by Gasteiger charge is 2.30. The average molecular weight is 444 g/mol. The number of nitrogens with one attached hydrogen (secondary N) is 1. The molecule has 0 unspecified atom stereocenters. The maximum absolute atomic E-state index is 13.1. The Labute approximate surface area is 185 Å². The Morgan fingerprint density at radius 2 is 2.00 bits per heavy atom. The molecule has 1 aliphatic carbocycles. The fourth-order valence-corrected chi connectivity index (χ4v) is 3.84. The van der Waals surface area contributed by atoms with Crippen molar-refractivity contribution in [3.8, 4) is 5.88 Å². The number of rotatable bonds is 6. The van der Waals surface area contributed by atoms with Crippen molar-refractivity contribution in [1.82, 2.24) is 24.4 Å². The SMILES string of the molecule is CC(=Cc1cnn2c(=O)c(C(=O)NC3CC3)c(O)n(CC(C)C)c12)C(=O)N1CCOCC1. The summed E-state index contributed by atoms with van der Waals surface area (Å²) in [6.45, 7) is 8.07. The summed E-state index contributed by atoms with van der Waals surface area (Å²) in [5.41, 5.74) is 0.349. The van der Waals surface area contributed by atoms with Crippen LogP contribution in [0, 0.1) is 5.92 Å². The van der Waals surface area contributed by atoms with Gasteiger partial charge in [0.2, 0.25) is 11.8 Å². The van der Waals surface area contributed by atoms with E-state index >= 15 is 0 Å². The van der Waals surface area contributed by atoms with Crippen LogP contribution >= 0.6 is 0 Å². The van der Waals surface area contributed by atoms with E-state index in [1.54, 1.807) is 17.9 Å². The normalized spacial score (nSPS) is 17.2. The summed E-state index contributed by atoms with van der Waals surface area (Å²) >= 11 is 0. The summed E-state index contributed by atoms with van der Waals surface area (Å²) < 4.78 is 7.96. The fraction of sp³-hybridized carbons (Fsp3) is 0.545. The second-order valence-corrected chi connectivity index (χ2v) is 8.82.